The molecule has 1 aliphatic rings. The fourth-order valence-corrected chi connectivity index (χ4v) is 1.66. The van der Waals surface area contributed by atoms with E-state index in [-0.39, 0.29) is 29.3 Å². The summed E-state index contributed by atoms with van der Waals surface area (Å²) in [6.45, 7) is -0.107. The Balaban J connectivity index is 2.51. The van der Waals surface area contributed by atoms with Gasteiger partial charge >= 0.3 is 5.97 Å². The molecule has 0 aliphatic heterocycles. The Morgan fingerprint density at radius 3 is 3.00 bits per heavy atom. The summed E-state index contributed by atoms with van der Waals surface area (Å²) in [6, 6.07) is 0. The van der Waals surface area contributed by atoms with Gasteiger partial charge in [-0.2, -0.15) is 0 Å². The minimum absolute atomic E-state index is 0.107. The highest BCUT2D eigenvalue weighted by atomic mass is 16.6. The Kier molecular flexibility index (Phi) is 3.62. The van der Waals surface area contributed by atoms with E-state index in [4.69, 9.17) is 0 Å². The van der Waals surface area contributed by atoms with Crippen LogP contribution in [0.1, 0.15) is 12.8 Å². The molecule has 78 valence electrons. The highest BCUT2D eigenvalue weighted by Gasteiger charge is 2.27. The average molecular weight is 199 g/mol. The lowest BCUT2D eigenvalue weighted by molar-refractivity contribution is -0.486. The number of methoxy groups -OCH3 is 1. The van der Waals surface area contributed by atoms with Crippen LogP contribution in [0.3, 0.4) is 0 Å². The van der Waals surface area contributed by atoms with Crippen LogP contribution in [0, 0.1) is 22.0 Å². The highest BCUT2D eigenvalue weighted by molar-refractivity contribution is 5.72. The maximum Gasteiger partial charge on any atom is 0.308 e. The minimum atomic E-state index is -0.353. The van der Waals surface area contributed by atoms with Crippen molar-refractivity contribution in [2.75, 3.05) is 13.7 Å². The fraction of sp³-hybridized carbons (Fsp3) is 0.667. The topological polar surface area (TPSA) is 69.4 Å². The molecule has 0 radical (unpaired) electrons. The molecule has 0 spiro atoms. The van der Waals surface area contributed by atoms with Gasteiger partial charge in [0.25, 0.3) is 0 Å². The van der Waals surface area contributed by atoms with Gasteiger partial charge in [0, 0.05) is 10.8 Å². The van der Waals surface area contributed by atoms with Gasteiger partial charge in [-0.05, 0) is 12.8 Å². The fourth-order valence-electron chi connectivity index (χ4n) is 1.66. The van der Waals surface area contributed by atoms with E-state index in [1.54, 1.807) is 0 Å². The number of carbonyl (C=O) groups is 1. The third kappa shape index (κ3) is 2.83. The van der Waals surface area contributed by atoms with E-state index < -0.39 is 0 Å². The summed E-state index contributed by atoms with van der Waals surface area (Å²) in [5.41, 5.74) is 0. The van der Waals surface area contributed by atoms with E-state index >= 15 is 0 Å². The van der Waals surface area contributed by atoms with Crippen LogP contribution in [0.15, 0.2) is 12.2 Å². The van der Waals surface area contributed by atoms with Gasteiger partial charge in [0.1, 0.15) is 0 Å². The van der Waals surface area contributed by atoms with Crippen molar-refractivity contribution in [3.05, 3.63) is 22.3 Å². The molecule has 0 unspecified atom stereocenters. The summed E-state index contributed by atoms with van der Waals surface area (Å²) in [7, 11) is 1.34. The number of carbonyl (C=O) groups excluding carboxylic acids is 1. The van der Waals surface area contributed by atoms with Gasteiger partial charge in [0.2, 0.25) is 6.54 Å². The van der Waals surface area contributed by atoms with E-state index in [1.807, 2.05) is 12.2 Å². The van der Waals surface area contributed by atoms with Gasteiger partial charge < -0.3 is 4.74 Å². The maximum absolute atomic E-state index is 11.2. The highest BCUT2D eigenvalue weighted by Crippen LogP contribution is 2.24. The molecular weight excluding hydrogens is 186 g/mol. The third-order valence-electron chi connectivity index (χ3n) is 2.33. The molecule has 0 amide bonds. The van der Waals surface area contributed by atoms with Crippen molar-refractivity contribution in [1.29, 1.82) is 0 Å². The Bertz CT molecular complexity index is 262. The van der Waals surface area contributed by atoms with E-state index in [2.05, 4.69) is 4.74 Å². The number of ether oxygens (including phenoxy) is 1. The molecule has 0 aromatic rings. The Hall–Kier alpha value is -1.39. The van der Waals surface area contributed by atoms with Crippen LogP contribution < -0.4 is 0 Å². The largest absolute Gasteiger partial charge is 0.469 e. The Morgan fingerprint density at radius 1 is 1.71 bits per heavy atom. The summed E-state index contributed by atoms with van der Waals surface area (Å²) in [6.07, 6.45) is 4.77. The smallest absolute Gasteiger partial charge is 0.308 e. The molecule has 0 aromatic heterocycles. The van der Waals surface area contributed by atoms with Crippen LogP contribution in [-0.2, 0) is 9.53 Å². The standard InChI is InChI=1S/C9H13NO4/c1-14-9(11)8-4-2-3-7(5-8)6-10(12)13/h2-3,7-8H,4-6H2,1H3/t7-,8+/m0/s1. The second-order valence-corrected chi connectivity index (χ2v) is 3.40. The summed E-state index contributed by atoms with van der Waals surface area (Å²) in [5.74, 6) is -0.625. The predicted molar refractivity (Wildman–Crippen MR) is 49.2 cm³/mol. The molecule has 0 fully saturated rings. The van der Waals surface area contributed by atoms with Crippen LogP contribution in [0.4, 0.5) is 0 Å². The minimum Gasteiger partial charge on any atom is -0.469 e. The van der Waals surface area contributed by atoms with E-state index in [0.29, 0.717) is 12.8 Å². The lowest BCUT2D eigenvalue weighted by atomic mass is 9.87. The molecule has 5 heteroatoms. The number of esters is 1. The molecule has 14 heavy (non-hydrogen) atoms. The van der Waals surface area contributed by atoms with E-state index in [9.17, 15) is 14.9 Å². The number of hydrogen-bond acceptors (Lipinski definition) is 4. The first kappa shape index (κ1) is 10.7. The van der Waals surface area contributed by atoms with E-state index in [0.717, 1.165) is 0 Å². The molecule has 0 N–H and O–H groups in total. The summed E-state index contributed by atoms with van der Waals surface area (Å²) in [5, 5.41) is 10.3. The summed E-state index contributed by atoms with van der Waals surface area (Å²) >= 11 is 0. The number of rotatable bonds is 3. The summed E-state index contributed by atoms with van der Waals surface area (Å²) < 4.78 is 4.60. The number of hydrogen-bond donors (Lipinski definition) is 0. The SMILES string of the molecule is COC(=O)[C@@H]1CC=C[C@H](C[N+](=O)[O-])C1. The van der Waals surface area contributed by atoms with Gasteiger partial charge in [-0.25, -0.2) is 0 Å². The molecule has 2 atom stereocenters. The molecule has 0 saturated carbocycles. The Labute approximate surface area is 81.9 Å². The number of nitrogens with zero attached hydrogens (tertiary/aromatic N) is 1. The van der Waals surface area contributed by atoms with Crippen LogP contribution in [0.25, 0.3) is 0 Å². The van der Waals surface area contributed by atoms with Gasteiger partial charge in [0.05, 0.1) is 13.0 Å². The van der Waals surface area contributed by atoms with Crippen LogP contribution in [0.5, 0.6) is 0 Å². The first-order chi connectivity index (χ1) is 6.63. The van der Waals surface area contributed by atoms with Crippen molar-refractivity contribution < 1.29 is 14.5 Å². The lowest BCUT2D eigenvalue weighted by Gasteiger charge is -2.19. The third-order valence-corrected chi connectivity index (χ3v) is 2.33. The zero-order valence-corrected chi connectivity index (χ0v) is 8.01. The molecule has 0 aromatic carbocycles. The van der Waals surface area contributed by atoms with E-state index in [1.165, 1.54) is 7.11 Å². The van der Waals surface area contributed by atoms with Crippen molar-refractivity contribution in [3.63, 3.8) is 0 Å². The van der Waals surface area contributed by atoms with Crippen molar-refractivity contribution in [2.24, 2.45) is 11.8 Å². The zero-order valence-electron chi connectivity index (χ0n) is 8.01. The van der Waals surface area contributed by atoms with Crippen LogP contribution >= 0.6 is 0 Å². The molecule has 0 saturated heterocycles. The second-order valence-electron chi connectivity index (χ2n) is 3.40. The maximum atomic E-state index is 11.2. The monoisotopic (exact) mass is 199 g/mol. The Morgan fingerprint density at radius 2 is 2.43 bits per heavy atom. The van der Waals surface area contributed by atoms with Crippen molar-refractivity contribution in [2.45, 2.75) is 12.8 Å². The van der Waals surface area contributed by atoms with Gasteiger partial charge in [-0.15, -0.1) is 0 Å². The number of allylic oxidation sites excluding steroid dienone is 1. The molecule has 0 bridgehead atoms. The first-order valence-electron chi connectivity index (χ1n) is 4.49. The van der Waals surface area contributed by atoms with Gasteiger partial charge in [-0.3, -0.25) is 14.9 Å². The average Bonchev–Trinajstić information content (AvgIpc) is 2.16. The van der Waals surface area contributed by atoms with Crippen LogP contribution in [0.2, 0.25) is 0 Å². The normalized spacial score (nSPS) is 25.8. The zero-order chi connectivity index (χ0) is 10.6. The summed E-state index contributed by atoms with van der Waals surface area (Å²) in [4.78, 5) is 21.1. The van der Waals surface area contributed by atoms with Gasteiger partial charge in [-0.1, -0.05) is 12.2 Å². The molecular formula is C9H13NO4. The predicted octanol–water partition coefficient (Wildman–Crippen LogP) is 1.02. The van der Waals surface area contributed by atoms with Crippen LogP contribution in [-0.4, -0.2) is 24.5 Å². The first-order valence-corrected chi connectivity index (χ1v) is 4.49. The van der Waals surface area contributed by atoms with Gasteiger partial charge in [0.15, 0.2) is 0 Å². The van der Waals surface area contributed by atoms with Crippen molar-refractivity contribution in [1.82, 2.24) is 0 Å². The molecule has 0 heterocycles. The lowest BCUT2D eigenvalue weighted by Crippen LogP contribution is -2.24. The molecule has 5 nitrogen and oxygen atoms in total. The second kappa shape index (κ2) is 4.74. The number of nitro groups is 1. The van der Waals surface area contributed by atoms with Crippen molar-refractivity contribution >= 4 is 5.97 Å². The molecule has 1 aliphatic carbocycles. The molecule has 1 rings (SSSR count). The quantitative estimate of drug-likeness (QED) is 0.294. The van der Waals surface area contributed by atoms with Crippen molar-refractivity contribution in [3.8, 4) is 0 Å².